The fourth-order valence-corrected chi connectivity index (χ4v) is 3.16. The first kappa shape index (κ1) is 21.1. The molecule has 0 unspecified atom stereocenters. The zero-order valence-electron chi connectivity index (χ0n) is 17.7. The second-order valence-electron chi connectivity index (χ2n) is 7.21. The fraction of sp³-hybridized carbons (Fsp3) is 0.160. The average Bonchev–Trinajstić information content (AvgIpc) is 3.30. The minimum atomic E-state index is -0.0522. The van der Waals surface area contributed by atoms with E-state index in [2.05, 4.69) is 20.8 Å². The number of amides is 1. The maximum atomic E-state index is 12.3. The predicted molar refractivity (Wildman–Crippen MR) is 124 cm³/mol. The van der Waals surface area contributed by atoms with Crippen LogP contribution < -0.4 is 15.4 Å². The van der Waals surface area contributed by atoms with Gasteiger partial charge >= 0.3 is 0 Å². The number of nitrogens with one attached hydrogen (secondary N) is 2. The SMILES string of the molecule is COc1ccc(-c2noc(CCCC(=O)Nc3ccc(Nc4ccccc4)cc3)n2)cc1. The summed E-state index contributed by atoms with van der Waals surface area (Å²) in [5, 5.41) is 10.2. The van der Waals surface area contributed by atoms with Gasteiger partial charge in [-0.3, -0.25) is 4.79 Å². The molecule has 4 aromatic rings. The first-order valence-electron chi connectivity index (χ1n) is 10.4. The highest BCUT2D eigenvalue weighted by Crippen LogP contribution is 2.21. The Morgan fingerprint density at radius 1 is 0.906 bits per heavy atom. The van der Waals surface area contributed by atoms with E-state index in [4.69, 9.17) is 9.26 Å². The third kappa shape index (κ3) is 5.72. The lowest BCUT2D eigenvalue weighted by molar-refractivity contribution is -0.116. The molecule has 3 aromatic carbocycles. The van der Waals surface area contributed by atoms with Gasteiger partial charge in [0.25, 0.3) is 0 Å². The Labute approximate surface area is 186 Å². The summed E-state index contributed by atoms with van der Waals surface area (Å²) < 4.78 is 10.5. The molecule has 0 aliphatic carbocycles. The molecule has 7 heteroatoms. The number of para-hydroxylation sites is 1. The normalized spacial score (nSPS) is 10.5. The first-order chi connectivity index (χ1) is 15.7. The number of carbonyl (C=O) groups excluding carboxylic acids is 1. The Hall–Kier alpha value is -4.13. The second-order valence-corrected chi connectivity index (χ2v) is 7.21. The standard InChI is InChI=1S/C25H24N4O3/c1-31-22-16-10-18(11-17-22)25-28-24(32-29-25)9-5-8-23(30)27-21-14-12-20(13-15-21)26-19-6-3-2-4-7-19/h2-4,6-7,10-17,26H,5,8-9H2,1H3,(H,27,30). The molecule has 1 heterocycles. The number of ether oxygens (including phenoxy) is 1. The van der Waals surface area contributed by atoms with Crippen molar-refractivity contribution in [1.29, 1.82) is 0 Å². The van der Waals surface area contributed by atoms with Crippen molar-refractivity contribution in [2.24, 2.45) is 0 Å². The molecule has 162 valence electrons. The van der Waals surface area contributed by atoms with Crippen LogP contribution in [0.2, 0.25) is 0 Å². The van der Waals surface area contributed by atoms with Gasteiger partial charge in [-0.2, -0.15) is 4.98 Å². The molecule has 0 radical (unpaired) electrons. The summed E-state index contributed by atoms with van der Waals surface area (Å²) in [6, 6.07) is 25.0. The van der Waals surface area contributed by atoms with Crippen LogP contribution in [0.4, 0.5) is 17.1 Å². The summed E-state index contributed by atoms with van der Waals surface area (Å²) in [7, 11) is 1.62. The number of hydrogen-bond donors (Lipinski definition) is 2. The first-order valence-corrected chi connectivity index (χ1v) is 10.4. The molecule has 0 saturated heterocycles. The number of carbonyl (C=O) groups is 1. The van der Waals surface area contributed by atoms with Crippen molar-refractivity contribution < 1.29 is 14.1 Å². The van der Waals surface area contributed by atoms with Gasteiger partial charge in [0.2, 0.25) is 17.6 Å². The maximum Gasteiger partial charge on any atom is 0.226 e. The average molecular weight is 428 g/mol. The molecule has 1 aromatic heterocycles. The number of methoxy groups -OCH3 is 1. The Kier molecular flexibility index (Phi) is 6.77. The predicted octanol–water partition coefficient (Wildman–Crippen LogP) is 5.45. The van der Waals surface area contributed by atoms with Gasteiger partial charge in [0.1, 0.15) is 5.75 Å². The maximum absolute atomic E-state index is 12.3. The van der Waals surface area contributed by atoms with Crippen molar-refractivity contribution in [2.45, 2.75) is 19.3 Å². The molecule has 0 fully saturated rings. The van der Waals surface area contributed by atoms with Crippen LogP contribution in [0.3, 0.4) is 0 Å². The van der Waals surface area contributed by atoms with Crippen molar-refractivity contribution >= 4 is 23.0 Å². The Bertz CT molecular complexity index is 1140. The summed E-state index contributed by atoms with van der Waals surface area (Å²) in [4.78, 5) is 16.7. The van der Waals surface area contributed by atoms with Crippen LogP contribution in [0.15, 0.2) is 83.4 Å². The highest BCUT2D eigenvalue weighted by Gasteiger charge is 2.10. The van der Waals surface area contributed by atoms with Gasteiger partial charge in [-0.1, -0.05) is 23.4 Å². The van der Waals surface area contributed by atoms with Crippen molar-refractivity contribution in [3.8, 4) is 17.1 Å². The molecular weight excluding hydrogens is 404 g/mol. The van der Waals surface area contributed by atoms with Crippen LogP contribution in [-0.4, -0.2) is 23.2 Å². The number of aryl methyl sites for hydroxylation is 1. The summed E-state index contributed by atoms with van der Waals surface area (Å²) in [5.41, 5.74) is 3.58. The quantitative estimate of drug-likeness (QED) is 0.368. The van der Waals surface area contributed by atoms with Gasteiger partial charge in [0, 0.05) is 35.5 Å². The van der Waals surface area contributed by atoms with Gasteiger partial charge in [-0.25, -0.2) is 0 Å². The van der Waals surface area contributed by atoms with Crippen LogP contribution >= 0.6 is 0 Å². The smallest absolute Gasteiger partial charge is 0.226 e. The molecule has 32 heavy (non-hydrogen) atoms. The highest BCUT2D eigenvalue weighted by molar-refractivity contribution is 5.90. The Balaban J connectivity index is 1.22. The van der Waals surface area contributed by atoms with E-state index in [1.165, 1.54) is 0 Å². The molecule has 7 nitrogen and oxygen atoms in total. The molecule has 0 atom stereocenters. The number of hydrogen-bond acceptors (Lipinski definition) is 6. The molecular formula is C25H24N4O3. The number of aromatic nitrogens is 2. The number of anilines is 3. The van der Waals surface area contributed by atoms with E-state index in [-0.39, 0.29) is 5.91 Å². The van der Waals surface area contributed by atoms with E-state index in [1.807, 2.05) is 78.9 Å². The number of nitrogens with zero attached hydrogens (tertiary/aromatic N) is 2. The van der Waals surface area contributed by atoms with E-state index in [9.17, 15) is 4.79 Å². The van der Waals surface area contributed by atoms with Crippen LogP contribution in [0, 0.1) is 0 Å². The lowest BCUT2D eigenvalue weighted by Gasteiger charge is -2.08. The van der Waals surface area contributed by atoms with Gasteiger partial charge in [0.15, 0.2) is 0 Å². The summed E-state index contributed by atoms with van der Waals surface area (Å²) >= 11 is 0. The lowest BCUT2D eigenvalue weighted by Crippen LogP contribution is -2.11. The number of rotatable bonds is 9. The van der Waals surface area contributed by atoms with Crippen LogP contribution in [0.25, 0.3) is 11.4 Å². The Morgan fingerprint density at radius 2 is 1.59 bits per heavy atom. The van der Waals surface area contributed by atoms with Crippen LogP contribution in [0.1, 0.15) is 18.7 Å². The van der Waals surface area contributed by atoms with Crippen molar-refractivity contribution in [3.63, 3.8) is 0 Å². The van der Waals surface area contributed by atoms with Gasteiger partial charge in [-0.15, -0.1) is 0 Å². The van der Waals surface area contributed by atoms with Gasteiger partial charge < -0.3 is 19.9 Å². The molecule has 0 spiro atoms. The molecule has 0 aliphatic rings. The van der Waals surface area contributed by atoms with Crippen LogP contribution in [-0.2, 0) is 11.2 Å². The number of benzene rings is 3. The second kappa shape index (κ2) is 10.3. The van der Waals surface area contributed by atoms with E-state index in [0.29, 0.717) is 31.0 Å². The summed E-state index contributed by atoms with van der Waals surface area (Å²) in [6.45, 7) is 0. The summed E-state index contributed by atoms with van der Waals surface area (Å²) in [6.07, 6.45) is 1.52. The van der Waals surface area contributed by atoms with Crippen molar-refractivity contribution in [1.82, 2.24) is 10.1 Å². The van der Waals surface area contributed by atoms with Crippen LogP contribution in [0.5, 0.6) is 5.75 Å². The molecule has 0 bridgehead atoms. The monoisotopic (exact) mass is 428 g/mol. The third-order valence-electron chi connectivity index (χ3n) is 4.84. The molecule has 1 amide bonds. The zero-order chi connectivity index (χ0) is 22.2. The lowest BCUT2D eigenvalue weighted by atomic mass is 10.2. The third-order valence-corrected chi connectivity index (χ3v) is 4.84. The van der Waals surface area contributed by atoms with Gasteiger partial charge in [-0.05, 0) is 67.1 Å². The fourth-order valence-electron chi connectivity index (χ4n) is 3.16. The molecule has 0 aliphatic heterocycles. The van der Waals surface area contributed by atoms with Crippen molar-refractivity contribution in [3.05, 3.63) is 84.8 Å². The van der Waals surface area contributed by atoms with E-state index in [1.54, 1.807) is 7.11 Å². The highest BCUT2D eigenvalue weighted by atomic mass is 16.5. The minimum Gasteiger partial charge on any atom is -0.497 e. The van der Waals surface area contributed by atoms with Crippen molar-refractivity contribution in [2.75, 3.05) is 17.7 Å². The van der Waals surface area contributed by atoms with E-state index < -0.39 is 0 Å². The topological polar surface area (TPSA) is 89.3 Å². The molecule has 4 rings (SSSR count). The molecule has 2 N–H and O–H groups in total. The molecule has 0 saturated carbocycles. The van der Waals surface area contributed by atoms with E-state index in [0.717, 1.165) is 28.4 Å². The minimum absolute atomic E-state index is 0.0522. The zero-order valence-corrected chi connectivity index (χ0v) is 17.7. The Morgan fingerprint density at radius 3 is 2.31 bits per heavy atom. The largest absolute Gasteiger partial charge is 0.497 e. The van der Waals surface area contributed by atoms with E-state index >= 15 is 0 Å². The summed E-state index contributed by atoms with van der Waals surface area (Å²) in [5.74, 6) is 1.76. The van der Waals surface area contributed by atoms with Gasteiger partial charge in [0.05, 0.1) is 7.11 Å².